The molecule has 0 amide bonds. The number of fused-ring (bicyclic) bond motifs is 2. The van der Waals surface area contributed by atoms with Gasteiger partial charge in [0.2, 0.25) is 0 Å². The lowest BCUT2D eigenvalue weighted by molar-refractivity contribution is 0.0691. The van der Waals surface area contributed by atoms with Crippen LogP contribution >= 0.6 is 11.6 Å². The van der Waals surface area contributed by atoms with Gasteiger partial charge in [-0.05, 0) is 73.4 Å². The molecule has 1 aliphatic rings. The molecule has 9 heteroatoms. The second kappa shape index (κ2) is 8.95. The molecule has 0 bridgehead atoms. The molecule has 0 saturated carbocycles. The predicted octanol–water partition coefficient (Wildman–Crippen LogP) is 5.50. The van der Waals surface area contributed by atoms with E-state index in [1.165, 1.54) is 12.1 Å². The Morgan fingerprint density at radius 2 is 1.89 bits per heavy atom. The number of aryl methyl sites for hydroxylation is 1. The normalized spacial score (nSPS) is 13.6. The van der Waals surface area contributed by atoms with Crippen LogP contribution in [-0.2, 0) is 13.1 Å². The zero-order valence-electron chi connectivity index (χ0n) is 20.0. The van der Waals surface area contributed by atoms with E-state index in [9.17, 15) is 19.1 Å². The molecule has 1 aliphatic heterocycles. The molecule has 184 valence electrons. The quantitative estimate of drug-likeness (QED) is 0.348. The molecule has 4 aromatic rings. The topological polar surface area (TPSA) is 86.9 Å². The molecule has 1 atom stereocenters. The number of hydrogen-bond donors (Lipinski definition) is 2. The number of carboxylic acids is 1. The van der Waals surface area contributed by atoms with Crippen molar-refractivity contribution in [1.82, 2.24) is 9.38 Å². The van der Waals surface area contributed by atoms with E-state index in [1.807, 2.05) is 26.0 Å². The van der Waals surface area contributed by atoms with Crippen molar-refractivity contribution >= 4 is 34.5 Å². The molecule has 7 nitrogen and oxygen atoms in total. The van der Waals surface area contributed by atoms with Crippen molar-refractivity contribution in [1.29, 1.82) is 0 Å². The molecule has 36 heavy (non-hydrogen) atoms. The maximum atomic E-state index is 13.8. The van der Waals surface area contributed by atoms with E-state index < -0.39 is 5.97 Å². The lowest BCUT2D eigenvalue weighted by atomic mass is 10.0. The standard InChI is InChI=1S/C27H24ClFN4O3/c1-14-8-20(16(3)30-21-6-7-24(28)31-25(21)27(35)36)23-10-22(15(2)26(34)33(23)11-14)32-12-17-4-5-19(29)9-18(17)13-32/h4-11,16,30H,12-13H2,1-3H3,(H,35,36)/t16-/m0/s1. The first-order valence-corrected chi connectivity index (χ1v) is 11.9. The first-order chi connectivity index (χ1) is 17.1. The highest BCUT2D eigenvalue weighted by Crippen LogP contribution is 2.33. The van der Waals surface area contributed by atoms with E-state index in [-0.39, 0.29) is 28.3 Å². The molecule has 0 spiro atoms. The van der Waals surface area contributed by atoms with Crippen molar-refractivity contribution < 1.29 is 14.3 Å². The Balaban J connectivity index is 1.60. The molecule has 0 radical (unpaired) electrons. The maximum absolute atomic E-state index is 13.8. The van der Waals surface area contributed by atoms with E-state index in [0.29, 0.717) is 29.9 Å². The fraction of sp³-hybridized carbons (Fsp3) is 0.222. The zero-order chi connectivity index (χ0) is 25.7. The highest BCUT2D eigenvalue weighted by atomic mass is 35.5. The van der Waals surface area contributed by atoms with E-state index in [4.69, 9.17) is 11.6 Å². The second-order valence-electron chi connectivity index (χ2n) is 9.16. The largest absolute Gasteiger partial charge is 0.476 e. The van der Waals surface area contributed by atoms with Gasteiger partial charge in [-0.25, -0.2) is 14.2 Å². The number of carboxylic acid groups (broad SMARTS) is 1. The van der Waals surface area contributed by atoms with Gasteiger partial charge in [0, 0.05) is 30.5 Å². The molecular formula is C27H24ClFN4O3. The predicted molar refractivity (Wildman–Crippen MR) is 138 cm³/mol. The third-order valence-electron chi connectivity index (χ3n) is 6.60. The van der Waals surface area contributed by atoms with Gasteiger partial charge in [-0.15, -0.1) is 0 Å². The third kappa shape index (κ3) is 4.18. The van der Waals surface area contributed by atoms with Crippen LogP contribution in [0.3, 0.4) is 0 Å². The number of benzene rings is 1. The SMILES string of the molecule is Cc1cc([C@H](C)Nc2ccc(Cl)nc2C(=O)O)c2cc(N3Cc4ccc(F)cc4C3)c(C)c(=O)n2c1. The van der Waals surface area contributed by atoms with Gasteiger partial charge in [-0.2, -0.15) is 0 Å². The van der Waals surface area contributed by atoms with Crippen LogP contribution in [0.2, 0.25) is 5.15 Å². The summed E-state index contributed by atoms with van der Waals surface area (Å²) in [6, 6.07) is 11.5. The van der Waals surface area contributed by atoms with Gasteiger partial charge in [0.25, 0.3) is 5.56 Å². The molecule has 2 N–H and O–H groups in total. The van der Waals surface area contributed by atoms with Gasteiger partial charge in [0.05, 0.1) is 17.2 Å². The van der Waals surface area contributed by atoms with Crippen LogP contribution in [0.4, 0.5) is 15.8 Å². The molecule has 0 aliphatic carbocycles. The number of carbonyl (C=O) groups is 1. The number of anilines is 2. The molecular weight excluding hydrogens is 483 g/mol. The summed E-state index contributed by atoms with van der Waals surface area (Å²) in [5, 5.41) is 12.9. The van der Waals surface area contributed by atoms with Crippen molar-refractivity contribution in [3.05, 3.63) is 103 Å². The lowest BCUT2D eigenvalue weighted by Gasteiger charge is -2.24. The van der Waals surface area contributed by atoms with Gasteiger partial charge < -0.3 is 15.3 Å². The molecule has 0 unspecified atom stereocenters. The molecule has 0 fully saturated rings. The molecule has 3 aromatic heterocycles. The Labute approximate surface area is 211 Å². The summed E-state index contributed by atoms with van der Waals surface area (Å²) < 4.78 is 15.4. The first kappa shape index (κ1) is 23.8. The Morgan fingerprint density at radius 1 is 1.14 bits per heavy atom. The zero-order valence-corrected chi connectivity index (χ0v) is 20.7. The van der Waals surface area contributed by atoms with E-state index in [2.05, 4.69) is 15.2 Å². The number of aromatic carboxylic acids is 1. The average molecular weight is 507 g/mol. The Morgan fingerprint density at radius 3 is 2.64 bits per heavy atom. The molecule has 0 saturated heterocycles. The summed E-state index contributed by atoms with van der Waals surface area (Å²) in [6.07, 6.45) is 1.80. The van der Waals surface area contributed by atoms with Crippen LogP contribution in [0.15, 0.2) is 53.5 Å². The minimum Gasteiger partial charge on any atom is -0.476 e. The van der Waals surface area contributed by atoms with Gasteiger partial charge >= 0.3 is 5.97 Å². The summed E-state index contributed by atoms with van der Waals surface area (Å²) in [7, 11) is 0. The number of pyridine rings is 3. The van der Waals surface area contributed by atoms with Crippen molar-refractivity contribution in [2.45, 2.75) is 39.9 Å². The Hall–Kier alpha value is -3.91. The van der Waals surface area contributed by atoms with Crippen molar-refractivity contribution in [2.24, 2.45) is 0 Å². The molecule has 1 aromatic carbocycles. The second-order valence-corrected chi connectivity index (χ2v) is 9.55. The average Bonchev–Trinajstić information content (AvgIpc) is 3.25. The molecule has 4 heterocycles. The van der Waals surface area contributed by atoms with E-state index >= 15 is 0 Å². The highest BCUT2D eigenvalue weighted by Gasteiger charge is 2.24. The summed E-state index contributed by atoms with van der Waals surface area (Å²) in [5.74, 6) is -1.47. The van der Waals surface area contributed by atoms with Crippen LogP contribution in [0, 0.1) is 19.7 Å². The van der Waals surface area contributed by atoms with E-state index in [0.717, 1.165) is 27.9 Å². The maximum Gasteiger partial charge on any atom is 0.356 e. The minimum absolute atomic E-state index is 0.0877. The lowest BCUT2D eigenvalue weighted by Crippen LogP contribution is -2.25. The van der Waals surface area contributed by atoms with Crippen molar-refractivity contribution in [3.63, 3.8) is 0 Å². The fourth-order valence-corrected chi connectivity index (χ4v) is 5.00. The smallest absolute Gasteiger partial charge is 0.356 e. The highest BCUT2D eigenvalue weighted by molar-refractivity contribution is 6.29. The molecule has 5 rings (SSSR count). The van der Waals surface area contributed by atoms with Crippen LogP contribution < -0.4 is 15.8 Å². The van der Waals surface area contributed by atoms with Gasteiger partial charge in [-0.1, -0.05) is 23.7 Å². The van der Waals surface area contributed by atoms with Gasteiger partial charge in [0.1, 0.15) is 11.0 Å². The minimum atomic E-state index is -1.19. The number of rotatable bonds is 5. The third-order valence-corrected chi connectivity index (χ3v) is 6.81. The fourth-order valence-electron chi connectivity index (χ4n) is 4.85. The van der Waals surface area contributed by atoms with Gasteiger partial charge in [-0.3, -0.25) is 9.20 Å². The summed E-state index contributed by atoms with van der Waals surface area (Å²) >= 11 is 5.90. The number of halogens is 2. The first-order valence-electron chi connectivity index (χ1n) is 11.5. The van der Waals surface area contributed by atoms with Crippen molar-refractivity contribution in [2.75, 3.05) is 10.2 Å². The number of nitrogens with zero attached hydrogens (tertiary/aromatic N) is 3. The van der Waals surface area contributed by atoms with E-state index in [1.54, 1.807) is 35.7 Å². The van der Waals surface area contributed by atoms with Crippen molar-refractivity contribution in [3.8, 4) is 0 Å². The Kier molecular flexibility index (Phi) is 5.92. The number of nitrogens with one attached hydrogen (secondary N) is 1. The summed E-state index contributed by atoms with van der Waals surface area (Å²) in [4.78, 5) is 31.2. The van der Waals surface area contributed by atoms with Crippen LogP contribution in [0.5, 0.6) is 0 Å². The van der Waals surface area contributed by atoms with Crippen LogP contribution in [0.1, 0.15) is 51.3 Å². The summed E-state index contributed by atoms with van der Waals surface area (Å²) in [5.41, 5.74) is 5.75. The Bertz CT molecular complexity index is 1600. The van der Waals surface area contributed by atoms with Crippen LogP contribution in [0.25, 0.3) is 5.52 Å². The van der Waals surface area contributed by atoms with Gasteiger partial charge in [0.15, 0.2) is 5.69 Å². The number of aromatic nitrogens is 2. The van der Waals surface area contributed by atoms with Crippen LogP contribution in [-0.4, -0.2) is 20.5 Å². The monoisotopic (exact) mass is 506 g/mol. The summed E-state index contributed by atoms with van der Waals surface area (Å²) in [6.45, 7) is 6.70. The number of hydrogen-bond acceptors (Lipinski definition) is 5.